The van der Waals surface area contributed by atoms with Crippen molar-refractivity contribution in [1.82, 2.24) is 0 Å². The first-order chi connectivity index (χ1) is 9.10. The average Bonchev–Trinajstić information content (AvgIpc) is 2.39. The van der Waals surface area contributed by atoms with Gasteiger partial charge in [-0.05, 0) is 35.2 Å². The van der Waals surface area contributed by atoms with Crippen molar-refractivity contribution in [3.8, 4) is 0 Å². The van der Waals surface area contributed by atoms with Crippen LogP contribution in [0.1, 0.15) is 29.7 Å². The molecular weight excluding hydrogens is 368 g/mol. The quantitative estimate of drug-likeness (QED) is 0.783. The lowest BCUT2D eigenvalue weighted by Gasteiger charge is -2.13. The third kappa shape index (κ3) is 3.91. The average molecular weight is 384 g/mol. The van der Waals surface area contributed by atoms with E-state index in [1.165, 1.54) is 5.56 Å². The lowest BCUT2D eigenvalue weighted by Crippen LogP contribution is -2.02. The molecule has 1 atom stereocenters. The van der Waals surface area contributed by atoms with E-state index in [2.05, 4.69) is 63.0 Å². The largest absolute Gasteiger partial charge is 0.388 e. The summed E-state index contributed by atoms with van der Waals surface area (Å²) in [7, 11) is 0. The second-order valence-electron chi connectivity index (χ2n) is 4.56. The van der Waals surface area contributed by atoms with Gasteiger partial charge in [0.2, 0.25) is 0 Å². The molecule has 2 rings (SSSR count). The highest BCUT2D eigenvalue weighted by Crippen LogP contribution is 2.28. The number of benzene rings is 2. The van der Waals surface area contributed by atoms with Crippen LogP contribution in [-0.4, -0.2) is 5.11 Å². The minimum atomic E-state index is -0.491. The number of aryl methyl sites for hydroxylation is 1. The predicted octanol–water partition coefficient (Wildman–Crippen LogP) is 5.05. The van der Waals surface area contributed by atoms with Gasteiger partial charge in [0.05, 0.1) is 6.10 Å². The van der Waals surface area contributed by atoms with Gasteiger partial charge in [0.15, 0.2) is 0 Å². The van der Waals surface area contributed by atoms with Gasteiger partial charge in [-0.3, -0.25) is 0 Å². The molecule has 0 bridgehead atoms. The van der Waals surface area contributed by atoms with Crippen LogP contribution in [0.4, 0.5) is 0 Å². The third-order valence-electron chi connectivity index (χ3n) is 3.18. The molecule has 100 valence electrons. The molecule has 0 aliphatic carbocycles. The predicted molar refractivity (Wildman–Crippen MR) is 86.3 cm³/mol. The monoisotopic (exact) mass is 382 g/mol. The number of aliphatic hydroxyl groups excluding tert-OH is 1. The van der Waals surface area contributed by atoms with E-state index in [9.17, 15) is 5.11 Å². The molecular formula is C16H16Br2O. The summed E-state index contributed by atoms with van der Waals surface area (Å²) in [6.07, 6.45) is 1.18. The summed E-state index contributed by atoms with van der Waals surface area (Å²) in [5.74, 6) is 0. The van der Waals surface area contributed by atoms with Gasteiger partial charge in [0.1, 0.15) is 0 Å². The Kier molecular flexibility index (Phi) is 5.20. The van der Waals surface area contributed by atoms with Crippen LogP contribution in [0.5, 0.6) is 0 Å². The number of rotatable bonds is 4. The maximum absolute atomic E-state index is 10.3. The van der Waals surface area contributed by atoms with Gasteiger partial charge in [-0.2, -0.15) is 0 Å². The van der Waals surface area contributed by atoms with Gasteiger partial charge in [0, 0.05) is 15.4 Å². The topological polar surface area (TPSA) is 20.2 Å². The summed E-state index contributed by atoms with van der Waals surface area (Å²) < 4.78 is 1.93. The molecule has 0 aliphatic heterocycles. The molecule has 0 saturated carbocycles. The van der Waals surface area contributed by atoms with Crippen molar-refractivity contribution < 1.29 is 5.11 Å². The Morgan fingerprint density at radius 2 is 1.63 bits per heavy atom. The Balaban J connectivity index is 2.13. The molecule has 0 amide bonds. The Morgan fingerprint density at radius 1 is 1.00 bits per heavy atom. The molecule has 2 aromatic carbocycles. The smallest absolute Gasteiger partial charge is 0.0841 e. The van der Waals surface area contributed by atoms with Crippen LogP contribution in [0.25, 0.3) is 0 Å². The molecule has 0 aromatic heterocycles. The maximum Gasteiger partial charge on any atom is 0.0841 e. The SMILES string of the molecule is CCc1ccc(CC(O)c2ccc(Br)cc2Br)cc1. The van der Waals surface area contributed by atoms with Gasteiger partial charge in [-0.25, -0.2) is 0 Å². The van der Waals surface area contributed by atoms with Crippen molar-refractivity contribution in [3.63, 3.8) is 0 Å². The maximum atomic E-state index is 10.3. The highest BCUT2D eigenvalue weighted by Gasteiger charge is 2.12. The van der Waals surface area contributed by atoms with Gasteiger partial charge in [0.25, 0.3) is 0 Å². The molecule has 19 heavy (non-hydrogen) atoms. The minimum absolute atomic E-state index is 0.491. The van der Waals surface area contributed by atoms with Crippen molar-refractivity contribution in [1.29, 1.82) is 0 Å². The number of hydrogen-bond acceptors (Lipinski definition) is 1. The fraction of sp³-hybridized carbons (Fsp3) is 0.250. The Hall–Kier alpha value is -0.640. The molecule has 2 aromatic rings. The van der Waals surface area contributed by atoms with E-state index in [1.54, 1.807) is 0 Å². The standard InChI is InChI=1S/C16H16Br2O/c1-2-11-3-5-12(6-4-11)9-16(19)14-8-7-13(17)10-15(14)18/h3-8,10,16,19H,2,9H2,1H3. The highest BCUT2D eigenvalue weighted by atomic mass is 79.9. The molecule has 0 spiro atoms. The highest BCUT2D eigenvalue weighted by molar-refractivity contribution is 9.11. The van der Waals surface area contributed by atoms with Crippen molar-refractivity contribution in [2.75, 3.05) is 0 Å². The minimum Gasteiger partial charge on any atom is -0.388 e. The van der Waals surface area contributed by atoms with Crippen molar-refractivity contribution in [2.45, 2.75) is 25.9 Å². The molecule has 0 aliphatic rings. The molecule has 1 unspecified atom stereocenters. The van der Waals surface area contributed by atoms with E-state index >= 15 is 0 Å². The van der Waals surface area contributed by atoms with Crippen molar-refractivity contribution in [2.24, 2.45) is 0 Å². The zero-order valence-corrected chi connectivity index (χ0v) is 13.9. The molecule has 0 heterocycles. The van der Waals surface area contributed by atoms with Gasteiger partial charge < -0.3 is 5.11 Å². The van der Waals surface area contributed by atoms with E-state index < -0.39 is 6.10 Å². The summed E-state index contributed by atoms with van der Waals surface area (Å²) in [6.45, 7) is 2.14. The third-order valence-corrected chi connectivity index (χ3v) is 4.36. The van der Waals surface area contributed by atoms with Crippen LogP contribution in [-0.2, 0) is 12.8 Å². The normalized spacial score (nSPS) is 12.4. The molecule has 1 N–H and O–H groups in total. The van der Waals surface area contributed by atoms with Crippen LogP contribution < -0.4 is 0 Å². The first-order valence-electron chi connectivity index (χ1n) is 6.31. The van der Waals surface area contributed by atoms with Gasteiger partial charge in [-0.15, -0.1) is 0 Å². The molecule has 3 heteroatoms. The Bertz CT molecular complexity index is 549. The first kappa shape index (κ1) is 14.8. The summed E-state index contributed by atoms with van der Waals surface area (Å²) in [5.41, 5.74) is 3.39. The second-order valence-corrected chi connectivity index (χ2v) is 6.33. The van der Waals surface area contributed by atoms with Crippen LogP contribution in [0.15, 0.2) is 51.4 Å². The van der Waals surface area contributed by atoms with Gasteiger partial charge in [-0.1, -0.05) is 69.1 Å². The lowest BCUT2D eigenvalue weighted by molar-refractivity contribution is 0.177. The van der Waals surface area contributed by atoms with E-state index in [1.807, 2.05) is 18.2 Å². The van der Waals surface area contributed by atoms with E-state index in [-0.39, 0.29) is 0 Å². The Labute approximate surface area is 130 Å². The molecule has 1 nitrogen and oxygen atoms in total. The van der Waals surface area contributed by atoms with Crippen molar-refractivity contribution in [3.05, 3.63) is 68.1 Å². The van der Waals surface area contributed by atoms with Crippen LogP contribution in [0.3, 0.4) is 0 Å². The van der Waals surface area contributed by atoms with Crippen LogP contribution >= 0.6 is 31.9 Å². The summed E-state index contributed by atoms with van der Waals surface area (Å²) in [4.78, 5) is 0. The summed E-state index contributed by atoms with van der Waals surface area (Å²) >= 11 is 6.91. The van der Waals surface area contributed by atoms with E-state index in [0.29, 0.717) is 6.42 Å². The number of aliphatic hydroxyl groups is 1. The second kappa shape index (κ2) is 6.69. The molecule has 0 radical (unpaired) electrons. The zero-order chi connectivity index (χ0) is 13.8. The molecule has 0 fully saturated rings. The summed E-state index contributed by atoms with van der Waals surface area (Å²) in [5, 5.41) is 10.3. The molecule has 0 saturated heterocycles. The zero-order valence-electron chi connectivity index (χ0n) is 10.7. The first-order valence-corrected chi connectivity index (χ1v) is 7.89. The lowest BCUT2D eigenvalue weighted by atomic mass is 10.0. The van der Waals surface area contributed by atoms with Crippen LogP contribution in [0, 0.1) is 0 Å². The van der Waals surface area contributed by atoms with Gasteiger partial charge >= 0.3 is 0 Å². The number of hydrogen-bond donors (Lipinski definition) is 1. The fourth-order valence-electron chi connectivity index (χ4n) is 2.02. The summed E-state index contributed by atoms with van der Waals surface area (Å²) in [6, 6.07) is 14.3. The Morgan fingerprint density at radius 3 is 2.21 bits per heavy atom. The fourth-order valence-corrected chi connectivity index (χ4v) is 3.33. The van der Waals surface area contributed by atoms with E-state index in [4.69, 9.17) is 0 Å². The van der Waals surface area contributed by atoms with Crippen molar-refractivity contribution >= 4 is 31.9 Å². The van der Waals surface area contributed by atoms with Crippen LogP contribution in [0.2, 0.25) is 0 Å². The number of halogens is 2. The van der Waals surface area contributed by atoms with E-state index in [0.717, 1.165) is 26.5 Å².